The van der Waals surface area contributed by atoms with Crippen LogP contribution in [0.2, 0.25) is 0 Å². The van der Waals surface area contributed by atoms with Gasteiger partial charge in [0.2, 0.25) is 0 Å². The molecule has 0 heterocycles. The number of rotatable bonds is 3. The molecule has 0 unspecified atom stereocenters. The first-order valence-electron chi connectivity index (χ1n) is 6.06. The van der Waals surface area contributed by atoms with Crippen LogP contribution in [0.1, 0.15) is 37.9 Å². The van der Waals surface area contributed by atoms with Crippen molar-refractivity contribution in [2.24, 2.45) is 0 Å². The molecular weight excluding hydrogens is 324 g/mol. The maximum absolute atomic E-state index is 11.7. The number of hydrogen-bond acceptors (Lipinski definition) is 4. The molecule has 1 amide bonds. The summed E-state index contributed by atoms with van der Waals surface area (Å²) >= 11 is 3.33. The van der Waals surface area contributed by atoms with Crippen LogP contribution in [0, 0.1) is 11.3 Å². The summed E-state index contributed by atoms with van der Waals surface area (Å²) in [6.45, 7) is 5.01. The number of benzene rings is 1. The maximum Gasteiger partial charge on any atom is 0.408 e. The summed E-state index contributed by atoms with van der Waals surface area (Å²) in [5.74, 6) is 0. The van der Waals surface area contributed by atoms with Gasteiger partial charge in [-0.05, 0) is 38.5 Å². The molecule has 108 valence electrons. The first-order valence-corrected chi connectivity index (χ1v) is 6.86. The lowest BCUT2D eigenvalue weighted by Crippen LogP contribution is -2.36. The van der Waals surface area contributed by atoms with Crippen LogP contribution in [0.25, 0.3) is 0 Å². The molecule has 2 N–H and O–H groups in total. The molecule has 1 atom stereocenters. The van der Waals surface area contributed by atoms with E-state index < -0.39 is 17.7 Å². The molecular formula is C14H17BrN2O3. The second kappa shape index (κ2) is 6.73. The number of alkyl carbamates (subject to hydrolysis) is 1. The van der Waals surface area contributed by atoms with Gasteiger partial charge in [-0.3, -0.25) is 0 Å². The topological polar surface area (TPSA) is 82.3 Å². The molecule has 0 radical (unpaired) electrons. The van der Waals surface area contributed by atoms with E-state index in [1.807, 2.05) is 6.07 Å². The van der Waals surface area contributed by atoms with Crippen molar-refractivity contribution < 1.29 is 14.6 Å². The average molecular weight is 341 g/mol. The van der Waals surface area contributed by atoms with Crippen LogP contribution in [-0.2, 0) is 4.74 Å². The molecule has 0 fully saturated rings. The van der Waals surface area contributed by atoms with Crippen LogP contribution in [0.4, 0.5) is 4.79 Å². The van der Waals surface area contributed by atoms with E-state index in [4.69, 9.17) is 10.00 Å². The van der Waals surface area contributed by atoms with E-state index in [1.165, 1.54) is 0 Å². The van der Waals surface area contributed by atoms with Gasteiger partial charge in [0.15, 0.2) is 0 Å². The highest BCUT2D eigenvalue weighted by Gasteiger charge is 2.21. The van der Waals surface area contributed by atoms with Gasteiger partial charge in [0.1, 0.15) is 5.60 Å². The fourth-order valence-corrected chi connectivity index (χ4v) is 2.21. The molecule has 5 nitrogen and oxygen atoms in total. The zero-order valence-corrected chi connectivity index (χ0v) is 13.2. The Bertz CT molecular complexity index is 532. The van der Waals surface area contributed by atoms with Gasteiger partial charge in [-0.25, -0.2) is 4.79 Å². The molecule has 0 aromatic heterocycles. The van der Waals surface area contributed by atoms with Crippen molar-refractivity contribution in [1.82, 2.24) is 5.32 Å². The molecule has 0 bridgehead atoms. The molecule has 0 aliphatic rings. The summed E-state index contributed by atoms with van der Waals surface area (Å²) in [7, 11) is 0. The van der Waals surface area contributed by atoms with Crippen molar-refractivity contribution in [2.75, 3.05) is 6.61 Å². The standard InChI is InChI=1S/C14H17BrN2O3/c1-14(2,3)20-13(19)17-12(8-18)10-5-4-9(7-16)6-11(10)15/h4-6,12,18H,8H2,1-3H3,(H,17,19)/t12-/m1/s1. The van der Waals surface area contributed by atoms with Crippen LogP contribution < -0.4 is 5.32 Å². The van der Waals surface area contributed by atoms with Crippen molar-refractivity contribution >= 4 is 22.0 Å². The molecule has 0 spiro atoms. The number of nitrogens with one attached hydrogen (secondary N) is 1. The number of carbonyl (C=O) groups is 1. The number of aliphatic hydroxyl groups is 1. The molecule has 0 saturated carbocycles. The van der Waals surface area contributed by atoms with Crippen molar-refractivity contribution in [3.05, 3.63) is 33.8 Å². The highest BCUT2D eigenvalue weighted by molar-refractivity contribution is 9.10. The number of amides is 1. The van der Waals surface area contributed by atoms with Crippen molar-refractivity contribution in [1.29, 1.82) is 5.26 Å². The third-order valence-electron chi connectivity index (χ3n) is 2.38. The van der Waals surface area contributed by atoms with Gasteiger partial charge < -0.3 is 15.2 Å². The van der Waals surface area contributed by atoms with Gasteiger partial charge in [-0.2, -0.15) is 5.26 Å². The van der Waals surface area contributed by atoms with Gasteiger partial charge in [-0.15, -0.1) is 0 Å². The fraction of sp³-hybridized carbons (Fsp3) is 0.429. The maximum atomic E-state index is 11.7. The van der Waals surface area contributed by atoms with E-state index in [-0.39, 0.29) is 6.61 Å². The molecule has 1 aromatic carbocycles. The second-order valence-electron chi connectivity index (χ2n) is 5.23. The lowest BCUT2D eigenvalue weighted by atomic mass is 10.1. The summed E-state index contributed by atoms with van der Waals surface area (Å²) in [6.07, 6.45) is -0.604. The van der Waals surface area contributed by atoms with E-state index in [9.17, 15) is 9.90 Å². The van der Waals surface area contributed by atoms with Crippen LogP contribution in [0.3, 0.4) is 0 Å². The summed E-state index contributed by atoms with van der Waals surface area (Å²) in [5.41, 5.74) is 0.568. The van der Waals surface area contributed by atoms with Crippen LogP contribution in [0.15, 0.2) is 22.7 Å². The van der Waals surface area contributed by atoms with E-state index >= 15 is 0 Å². The van der Waals surface area contributed by atoms with Gasteiger partial charge in [0.25, 0.3) is 0 Å². The molecule has 0 saturated heterocycles. The smallest absolute Gasteiger partial charge is 0.408 e. The molecule has 1 rings (SSSR count). The highest BCUT2D eigenvalue weighted by Crippen LogP contribution is 2.25. The minimum Gasteiger partial charge on any atom is -0.444 e. The number of carbonyl (C=O) groups excluding carboxylic acids is 1. The van der Waals surface area contributed by atoms with Crippen LogP contribution in [-0.4, -0.2) is 23.4 Å². The fourth-order valence-electron chi connectivity index (χ4n) is 1.55. The zero-order chi connectivity index (χ0) is 15.3. The average Bonchev–Trinajstić information content (AvgIpc) is 2.34. The van der Waals surface area contributed by atoms with Gasteiger partial charge in [0, 0.05) is 4.47 Å². The van der Waals surface area contributed by atoms with Crippen LogP contribution >= 0.6 is 15.9 Å². The predicted octanol–water partition coefficient (Wildman–Crippen LogP) is 2.88. The third kappa shape index (κ3) is 4.83. The third-order valence-corrected chi connectivity index (χ3v) is 3.07. The zero-order valence-electron chi connectivity index (χ0n) is 11.6. The van der Waals surface area contributed by atoms with Crippen molar-refractivity contribution in [2.45, 2.75) is 32.4 Å². The lowest BCUT2D eigenvalue weighted by molar-refractivity contribution is 0.0481. The number of halogens is 1. The Morgan fingerprint density at radius 3 is 2.65 bits per heavy atom. The Labute approximate surface area is 126 Å². The van der Waals surface area contributed by atoms with E-state index in [1.54, 1.807) is 39.0 Å². The number of hydrogen-bond donors (Lipinski definition) is 2. The summed E-state index contributed by atoms with van der Waals surface area (Å²) in [6, 6.07) is 6.35. The number of aliphatic hydroxyl groups excluding tert-OH is 1. The molecule has 1 aromatic rings. The molecule has 6 heteroatoms. The second-order valence-corrected chi connectivity index (χ2v) is 6.08. The Morgan fingerprint density at radius 1 is 1.55 bits per heavy atom. The van der Waals surface area contributed by atoms with E-state index in [2.05, 4.69) is 21.2 Å². The molecule has 0 aliphatic heterocycles. The SMILES string of the molecule is CC(C)(C)OC(=O)N[C@H](CO)c1ccc(C#N)cc1Br. The van der Waals surface area contributed by atoms with E-state index in [0.29, 0.717) is 15.6 Å². The van der Waals surface area contributed by atoms with Gasteiger partial charge >= 0.3 is 6.09 Å². The largest absolute Gasteiger partial charge is 0.444 e. The number of ether oxygens (including phenoxy) is 1. The summed E-state index contributed by atoms with van der Waals surface area (Å²) in [4.78, 5) is 11.7. The number of nitrogens with zero attached hydrogens (tertiary/aromatic N) is 1. The van der Waals surface area contributed by atoms with Crippen molar-refractivity contribution in [3.8, 4) is 6.07 Å². The predicted molar refractivity (Wildman–Crippen MR) is 78.1 cm³/mol. The minimum atomic E-state index is -0.605. The normalized spacial score (nSPS) is 12.4. The number of nitriles is 1. The minimum absolute atomic E-state index is 0.274. The monoisotopic (exact) mass is 340 g/mol. The Balaban J connectivity index is 2.87. The van der Waals surface area contributed by atoms with Crippen LogP contribution in [0.5, 0.6) is 0 Å². The quantitative estimate of drug-likeness (QED) is 0.886. The Morgan fingerprint density at radius 2 is 2.20 bits per heavy atom. The Hall–Kier alpha value is -1.58. The van der Waals surface area contributed by atoms with E-state index in [0.717, 1.165) is 0 Å². The van der Waals surface area contributed by atoms with Crippen molar-refractivity contribution in [3.63, 3.8) is 0 Å². The first-order chi connectivity index (χ1) is 9.26. The first kappa shape index (κ1) is 16.5. The lowest BCUT2D eigenvalue weighted by Gasteiger charge is -2.23. The summed E-state index contributed by atoms with van der Waals surface area (Å²) in [5, 5.41) is 20.8. The molecule has 20 heavy (non-hydrogen) atoms. The molecule has 0 aliphatic carbocycles. The highest BCUT2D eigenvalue weighted by atomic mass is 79.9. The van der Waals surface area contributed by atoms with Gasteiger partial charge in [-0.1, -0.05) is 22.0 Å². The van der Waals surface area contributed by atoms with Gasteiger partial charge in [0.05, 0.1) is 24.3 Å². The summed E-state index contributed by atoms with van der Waals surface area (Å²) < 4.78 is 5.79. The Kier molecular flexibility index (Phi) is 5.54.